The molecule has 0 radical (unpaired) electrons. The highest BCUT2D eigenvalue weighted by Gasteiger charge is 2.18. The zero-order valence-corrected chi connectivity index (χ0v) is 11.7. The number of rotatable bonds is 3. The van der Waals surface area contributed by atoms with Crippen molar-refractivity contribution >= 4 is 33.5 Å². The van der Waals surface area contributed by atoms with Crippen LogP contribution in [0, 0.1) is 0 Å². The van der Waals surface area contributed by atoms with E-state index in [9.17, 15) is 4.79 Å². The fourth-order valence-corrected chi connectivity index (χ4v) is 1.85. The fourth-order valence-electron chi connectivity index (χ4n) is 1.28. The van der Waals surface area contributed by atoms with Crippen molar-refractivity contribution in [3.05, 3.63) is 33.5 Å². The van der Waals surface area contributed by atoms with Crippen LogP contribution in [0.2, 0.25) is 5.02 Å². The number of carbonyl (C=O) groups excluding carboxylic acids is 1. The van der Waals surface area contributed by atoms with Gasteiger partial charge >= 0.3 is 5.97 Å². The molecule has 0 saturated carbocycles. The van der Waals surface area contributed by atoms with Gasteiger partial charge in [-0.25, -0.2) is 4.79 Å². The molecule has 0 fully saturated rings. The summed E-state index contributed by atoms with van der Waals surface area (Å²) in [6.45, 7) is 1.95. The van der Waals surface area contributed by atoms with Gasteiger partial charge in [0, 0.05) is 4.47 Å². The number of halogens is 2. The van der Waals surface area contributed by atoms with Crippen LogP contribution in [0.3, 0.4) is 0 Å². The molecule has 1 heterocycles. The maximum atomic E-state index is 11.4. The van der Waals surface area contributed by atoms with E-state index >= 15 is 0 Å². The Balaban J connectivity index is 2.35. The molecule has 0 unspecified atom stereocenters. The highest BCUT2D eigenvalue weighted by Crippen LogP contribution is 2.32. The van der Waals surface area contributed by atoms with Crippen molar-refractivity contribution in [1.29, 1.82) is 0 Å². The van der Waals surface area contributed by atoms with E-state index in [-0.39, 0.29) is 18.3 Å². The summed E-state index contributed by atoms with van der Waals surface area (Å²) in [4.78, 5) is 15.3. The van der Waals surface area contributed by atoms with E-state index in [0.717, 1.165) is 0 Å². The third kappa shape index (κ3) is 2.54. The maximum absolute atomic E-state index is 11.4. The van der Waals surface area contributed by atoms with Crippen LogP contribution in [0.1, 0.15) is 17.5 Å². The second-order valence-corrected chi connectivity index (χ2v) is 4.48. The molecule has 0 bridgehead atoms. The number of benzene rings is 1. The van der Waals surface area contributed by atoms with Gasteiger partial charge in [0.1, 0.15) is 0 Å². The maximum Gasteiger partial charge on any atom is 0.379 e. The lowest BCUT2D eigenvalue weighted by Crippen LogP contribution is -2.06. The first-order chi connectivity index (χ1) is 8.63. The SMILES string of the molecule is CCOC(=O)c1noc(-c2cccc(Br)c2Cl)n1. The molecule has 0 aliphatic heterocycles. The molecule has 1 aromatic heterocycles. The second-order valence-electron chi connectivity index (χ2n) is 3.24. The van der Waals surface area contributed by atoms with Crippen LogP contribution in [0.15, 0.2) is 27.2 Å². The van der Waals surface area contributed by atoms with Crippen molar-refractivity contribution in [2.45, 2.75) is 6.92 Å². The van der Waals surface area contributed by atoms with E-state index in [0.29, 0.717) is 15.1 Å². The minimum absolute atomic E-state index is 0.122. The van der Waals surface area contributed by atoms with Gasteiger partial charge < -0.3 is 9.26 Å². The Morgan fingerprint density at radius 3 is 3.06 bits per heavy atom. The normalized spacial score (nSPS) is 10.4. The zero-order valence-electron chi connectivity index (χ0n) is 9.31. The van der Waals surface area contributed by atoms with E-state index in [4.69, 9.17) is 20.9 Å². The molecule has 1 aromatic carbocycles. The Morgan fingerprint density at radius 2 is 2.33 bits per heavy atom. The van der Waals surface area contributed by atoms with Crippen LogP contribution in [0.25, 0.3) is 11.5 Å². The van der Waals surface area contributed by atoms with Gasteiger partial charge in [0.25, 0.3) is 11.7 Å². The highest BCUT2D eigenvalue weighted by molar-refractivity contribution is 9.10. The van der Waals surface area contributed by atoms with Crippen molar-refractivity contribution in [1.82, 2.24) is 10.1 Å². The Hall–Kier alpha value is -1.40. The number of hydrogen-bond donors (Lipinski definition) is 0. The summed E-state index contributed by atoms with van der Waals surface area (Å²) in [6.07, 6.45) is 0. The molecule has 0 N–H and O–H groups in total. The smallest absolute Gasteiger partial charge is 0.379 e. The lowest BCUT2D eigenvalue weighted by Gasteiger charge is -1.99. The lowest BCUT2D eigenvalue weighted by molar-refractivity contribution is 0.0508. The van der Waals surface area contributed by atoms with E-state index in [1.807, 2.05) is 0 Å². The van der Waals surface area contributed by atoms with Crippen molar-refractivity contribution in [3.8, 4) is 11.5 Å². The predicted octanol–water partition coefficient (Wildman–Crippen LogP) is 3.33. The zero-order chi connectivity index (χ0) is 13.1. The molecule has 18 heavy (non-hydrogen) atoms. The first-order valence-corrected chi connectivity index (χ1v) is 6.25. The predicted molar refractivity (Wildman–Crippen MR) is 68.4 cm³/mol. The van der Waals surface area contributed by atoms with Gasteiger partial charge in [-0.15, -0.1) is 0 Å². The van der Waals surface area contributed by atoms with E-state index in [2.05, 4.69) is 26.1 Å². The first kappa shape index (κ1) is 13.0. The van der Waals surface area contributed by atoms with Crippen LogP contribution in [0.4, 0.5) is 0 Å². The number of hydrogen-bond acceptors (Lipinski definition) is 5. The van der Waals surface area contributed by atoms with Crippen molar-refractivity contribution in [2.75, 3.05) is 6.61 Å². The fraction of sp³-hybridized carbons (Fsp3) is 0.182. The Kier molecular flexibility index (Phi) is 3.98. The number of aromatic nitrogens is 2. The molecular formula is C11H8BrClN2O3. The molecule has 0 saturated heterocycles. The molecule has 0 aliphatic rings. The molecule has 0 aliphatic carbocycles. The molecule has 2 rings (SSSR count). The van der Waals surface area contributed by atoms with Crippen LogP contribution < -0.4 is 0 Å². The summed E-state index contributed by atoms with van der Waals surface area (Å²) < 4.78 is 10.5. The Labute approximate surface area is 116 Å². The lowest BCUT2D eigenvalue weighted by atomic mass is 10.2. The Bertz CT molecular complexity index is 585. The third-order valence-corrected chi connectivity index (χ3v) is 3.36. The van der Waals surface area contributed by atoms with Gasteiger partial charge in [-0.3, -0.25) is 0 Å². The van der Waals surface area contributed by atoms with Crippen molar-refractivity contribution in [3.63, 3.8) is 0 Å². The van der Waals surface area contributed by atoms with Crippen LogP contribution >= 0.6 is 27.5 Å². The van der Waals surface area contributed by atoms with Gasteiger partial charge in [0.15, 0.2) is 0 Å². The summed E-state index contributed by atoms with van der Waals surface area (Å²) in [5, 5.41) is 3.99. The minimum Gasteiger partial charge on any atom is -0.460 e. The van der Waals surface area contributed by atoms with Crippen molar-refractivity contribution < 1.29 is 14.1 Å². The number of esters is 1. The van der Waals surface area contributed by atoms with E-state index in [1.54, 1.807) is 25.1 Å². The monoisotopic (exact) mass is 330 g/mol. The highest BCUT2D eigenvalue weighted by atomic mass is 79.9. The Morgan fingerprint density at radius 1 is 1.56 bits per heavy atom. The molecule has 0 amide bonds. The molecule has 5 nitrogen and oxygen atoms in total. The standard InChI is InChI=1S/C11H8BrClN2O3/c1-2-17-11(16)9-14-10(18-15-9)6-4-3-5-7(12)8(6)13/h3-5H,2H2,1H3. The summed E-state index contributed by atoms with van der Waals surface area (Å²) in [5.41, 5.74) is 0.550. The van der Waals surface area contributed by atoms with Crippen LogP contribution in [0.5, 0.6) is 0 Å². The van der Waals surface area contributed by atoms with E-state index < -0.39 is 5.97 Å². The summed E-state index contributed by atoms with van der Waals surface area (Å²) in [5.74, 6) is -0.578. The molecule has 94 valence electrons. The molecule has 7 heteroatoms. The van der Waals surface area contributed by atoms with Gasteiger partial charge in [0.05, 0.1) is 17.2 Å². The van der Waals surface area contributed by atoms with E-state index in [1.165, 1.54) is 0 Å². The molecule has 0 spiro atoms. The number of nitrogens with zero attached hydrogens (tertiary/aromatic N) is 2. The van der Waals surface area contributed by atoms with Gasteiger partial charge in [-0.05, 0) is 40.1 Å². The average Bonchev–Trinajstić information content (AvgIpc) is 2.82. The van der Waals surface area contributed by atoms with Crippen LogP contribution in [-0.4, -0.2) is 22.7 Å². The largest absolute Gasteiger partial charge is 0.460 e. The quantitative estimate of drug-likeness (QED) is 0.807. The summed E-state index contributed by atoms with van der Waals surface area (Å²) in [7, 11) is 0. The second kappa shape index (κ2) is 5.49. The number of carbonyl (C=O) groups is 1. The van der Waals surface area contributed by atoms with Gasteiger partial charge in [-0.1, -0.05) is 17.7 Å². The molecule has 2 aromatic rings. The molecule has 0 atom stereocenters. The summed E-state index contributed by atoms with van der Waals surface area (Å²) >= 11 is 9.38. The van der Waals surface area contributed by atoms with Gasteiger partial charge in [-0.2, -0.15) is 4.98 Å². The minimum atomic E-state index is -0.626. The number of ether oxygens (including phenoxy) is 1. The summed E-state index contributed by atoms with van der Waals surface area (Å²) in [6, 6.07) is 5.28. The molecular weight excluding hydrogens is 323 g/mol. The topological polar surface area (TPSA) is 65.2 Å². The average molecular weight is 332 g/mol. The van der Waals surface area contributed by atoms with Crippen LogP contribution in [-0.2, 0) is 4.74 Å². The van der Waals surface area contributed by atoms with Crippen molar-refractivity contribution in [2.24, 2.45) is 0 Å². The first-order valence-electron chi connectivity index (χ1n) is 5.08. The van der Waals surface area contributed by atoms with Gasteiger partial charge in [0.2, 0.25) is 0 Å². The third-order valence-electron chi connectivity index (χ3n) is 2.07.